The Morgan fingerprint density at radius 3 is 2.74 bits per heavy atom. The highest BCUT2D eigenvalue weighted by Crippen LogP contribution is 2.26. The molecule has 1 aromatic carbocycles. The molecular formula is C12H16FN3O3. The first-order chi connectivity index (χ1) is 8.77. The average Bonchev–Trinajstić information content (AvgIpc) is 2.28. The average molecular weight is 269 g/mol. The number of hydrogen-bond acceptors (Lipinski definition) is 4. The number of nitro benzene ring substituents is 1. The molecule has 1 rings (SSSR count). The lowest BCUT2D eigenvalue weighted by Gasteiger charge is -2.22. The van der Waals surface area contributed by atoms with Crippen LogP contribution in [0.3, 0.4) is 0 Å². The van der Waals surface area contributed by atoms with E-state index in [4.69, 9.17) is 5.73 Å². The Hall–Kier alpha value is -2.02. The van der Waals surface area contributed by atoms with Gasteiger partial charge >= 0.3 is 0 Å². The first-order valence-electron chi connectivity index (χ1n) is 5.82. The Morgan fingerprint density at radius 1 is 1.58 bits per heavy atom. The van der Waals surface area contributed by atoms with Crippen LogP contribution in [0.15, 0.2) is 18.2 Å². The summed E-state index contributed by atoms with van der Waals surface area (Å²) in [6.45, 7) is 3.39. The second kappa shape index (κ2) is 5.75. The number of nitro groups is 1. The standard InChI is InChI=1S/C12H16FN3O3/c1-3-6-12(2,14)11(17)15-9-7-8(13)4-5-10(9)16(18)19/h4-5,7H,3,6,14H2,1-2H3,(H,15,17). The molecular weight excluding hydrogens is 253 g/mol. The molecule has 19 heavy (non-hydrogen) atoms. The molecule has 0 saturated heterocycles. The minimum absolute atomic E-state index is 0.192. The van der Waals surface area contributed by atoms with Crippen molar-refractivity contribution in [2.24, 2.45) is 5.73 Å². The number of hydrogen-bond donors (Lipinski definition) is 2. The number of carbonyl (C=O) groups excluding carboxylic acids is 1. The van der Waals surface area contributed by atoms with Gasteiger partial charge in [0.15, 0.2) is 0 Å². The lowest BCUT2D eigenvalue weighted by atomic mass is 9.96. The van der Waals surface area contributed by atoms with Gasteiger partial charge in [-0.3, -0.25) is 14.9 Å². The Kier molecular flexibility index (Phi) is 4.55. The number of benzene rings is 1. The van der Waals surface area contributed by atoms with Crippen LogP contribution in [0, 0.1) is 15.9 Å². The predicted molar refractivity (Wildman–Crippen MR) is 69.2 cm³/mol. The van der Waals surface area contributed by atoms with Gasteiger partial charge < -0.3 is 11.1 Å². The quantitative estimate of drug-likeness (QED) is 0.632. The van der Waals surface area contributed by atoms with Crippen LogP contribution in [-0.2, 0) is 4.79 Å². The fourth-order valence-electron chi connectivity index (χ4n) is 1.67. The zero-order chi connectivity index (χ0) is 14.6. The minimum Gasteiger partial charge on any atom is -0.319 e. The molecule has 1 aromatic rings. The Bertz CT molecular complexity index is 503. The lowest BCUT2D eigenvalue weighted by Crippen LogP contribution is -2.48. The lowest BCUT2D eigenvalue weighted by molar-refractivity contribution is -0.384. The largest absolute Gasteiger partial charge is 0.319 e. The van der Waals surface area contributed by atoms with Gasteiger partial charge in [0.05, 0.1) is 10.5 Å². The molecule has 0 saturated carbocycles. The van der Waals surface area contributed by atoms with Crippen LogP contribution in [-0.4, -0.2) is 16.4 Å². The molecule has 104 valence electrons. The van der Waals surface area contributed by atoms with Crippen molar-refractivity contribution < 1.29 is 14.1 Å². The van der Waals surface area contributed by atoms with Crippen LogP contribution >= 0.6 is 0 Å². The van der Waals surface area contributed by atoms with E-state index in [1.807, 2.05) is 6.92 Å². The number of amides is 1. The summed E-state index contributed by atoms with van der Waals surface area (Å²) in [6, 6.07) is 2.86. The summed E-state index contributed by atoms with van der Waals surface area (Å²) in [5, 5.41) is 13.1. The van der Waals surface area contributed by atoms with E-state index in [2.05, 4.69) is 5.32 Å². The maximum atomic E-state index is 13.1. The van der Waals surface area contributed by atoms with E-state index in [-0.39, 0.29) is 11.4 Å². The number of nitrogens with two attached hydrogens (primary N) is 1. The molecule has 0 fully saturated rings. The molecule has 7 heteroatoms. The molecule has 0 aliphatic heterocycles. The van der Waals surface area contributed by atoms with Crippen molar-refractivity contribution in [1.29, 1.82) is 0 Å². The number of nitrogens with zero attached hydrogens (tertiary/aromatic N) is 1. The number of carbonyl (C=O) groups is 1. The third-order valence-corrected chi connectivity index (χ3v) is 2.69. The van der Waals surface area contributed by atoms with Gasteiger partial charge in [0.25, 0.3) is 5.69 Å². The SMILES string of the molecule is CCCC(C)(N)C(=O)Nc1cc(F)ccc1[N+](=O)[O-]. The van der Waals surface area contributed by atoms with Crippen molar-refractivity contribution in [3.63, 3.8) is 0 Å². The van der Waals surface area contributed by atoms with Gasteiger partial charge in [-0.2, -0.15) is 0 Å². The Balaban J connectivity index is 3.02. The molecule has 6 nitrogen and oxygen atoms in total. The summed E-state index contributed by atoms with van der Waals surface area (Å²) in [7, 11) is 0. The molecule has 3 N–H and O–H groups in total. The third kappa shape index (κ3) is 3.72. The van der Waals surface area contributed by atoms with Crippen molar-refractivity contribution in [3.8, 4) is 0 Å². The van der Waals surface area contributed by atoms with Gasteiger partial charge in [-0.25, -0.2) is 4.39 Å². The molecule has 0 aromatic heterocycles. The summed E-state index contributed by atoms with van der Waals surface area (Å²) in [5.41, 5.74) is 4.08. The van der Waals surface area contributed by atoms with Crippen LogP contribution < -0.4 is 11.1 Å². The second-order valence-electron chi connectivity index (χ2n) is 4.54. The van der Waals surface area contributed by atoms with Gasteiger partial charge in [0.2, 0.25) is 5.91 Å². The molecule has 0 heterocycles. The van der Waals surface area contributed by atoms with Crippen LogP contribution in [0.2, 0.25) is 0 Å². The van der Waals surface area contributed by atoms with Crippen molar-refractivity contribution >= 4 is 17.3 Å². The molecule has 0 aliphatic rings. The summed E-state index contributed by atoms with van der Waals surface area (Å²) in [6.07, 6.45) is 1.10. The van der Waals surface area contributed by atoms with E-state index in [0.717, 1.165) is 18.2 Å². The van der Waals surface area contributed by atoms with E-state index in [0.29, 0.717) is 12.8 Å². The Morgan fingerprint density at radius 2 is 2.21 bits per heavy atom. The monoisotopic (exact) mass is 269 g/mol. The number of nitrogens with one attached hydrogen (secondary N) is 1. The van der Waals surface area contributed by atoms with Crippen LogP contribution in [0.1, 0.15) is 26.7 Å². The van der Waals surface area contributed by atoms with E-state index < -0.39 is 22.2 Å². The summed E-state index contributed by atoms with van der Waals surface area (Å²) < 4.78 is 13.1. The highest BCUT2D eigenvalue weighted by atomic mass is 19.1. The van der Waals surface area contributed by atoms with Crippen LogP contribution in [0.4, 0.5) is 15.8 Å². The molecule has 1 amide bonds. The highest BCUT2D eigenvalue weighted by molar-refractivity contribution is 5.99. The van der Waals surface area contributed by atoms with Gasteiger partial charge in [0.1, 0.15) is 11.5 Å². The van der Waals surface area contributed by atoms with E-state index in [9.17, 15) is 19.3 Å². The topological polar surface area (TPSA) is 98.3 Å². The number of anilines is 1. The predicted octanol–water partition coefficient (Wildman–Crippen LogP) is 2.19. The number of halogens is 1. The molecule has 0 bridgehead atoms. The summed E-state index contributed by atoms with van der Waals surface area (Å²) in [4.78, 5) is 22.0. The summed E-state index contributed by atoms with van der Waals surface area (Å²) >= 11 is 0. The maximum absolute atomic E-state index is 13.1. The first-order valence-corrected chi connectivity index (χ1v) is 5.82. The van der Waals surface area contributed by atoms with Crippen molar-refractivity contribution in [3.05, 3.63) is 34.1 Å². The molecule has 1 unspecified atom stereocenters. The second-order valence-corrected chi connectivity index (χ2v) is 4.54. The molecule has 0 aliphatic carbocycles. The molecule has 0 spiro atoms. The van der Waals surface area contributed by atoms with Gasteiger partial charge in [0, 0.05) is 12.1 Å². The third-order valence-electron chi connectivity index (χ3n) is 2.69. The molecule has 1 atom stereocenters. The van der Waals surface area contributed by atoms with E-state index in [1.54, 1.807) is 0 Å². The van der Waals surface area contributed by atoms with E-state index >= 15 is 0 Å². The van der Waals surface area contributed by atoms with Gasteiger partial charge in [-0.1, -0.05) is 13.3 Å². The summed E-state index contributed by atoms with van der Waals surface area (Å²) in [5.74, 6) is -1.25. The zero-order valence-electron chi connectivity index (χ0n) is 10.8. The number of rotatable bonds is 5. The smallest absolute Gasteiger partial charge is 0.292 e. The minimum atomic E-state index is -1.16. The van der Waals surface area contributed by atoms with Gasteiger partial charge in [-0.05, 0) is 19.4 Å². The molecule has 0 radical (unpaired) electrons. The first kappa shape index (κ1) is 15.0. The van der Waals surface area contributed by atoms with Gasteiger partial charge in [-0.15, -0.1) is 0 Å². The van der Waals surface area contributed by atoms with Crippen LogP contribution in [0.5, 0.6) is 0 Å². The fraction of sp³-hybridized carbons (Fsp3) is 0.417. The maximum Gasteiger partial charge on any atom is 0.292 e. The normalized spacial score (nSPS) is 13.7. The Labute approximate surface area is 109 Å². The van der Waals surface area contributed by atoms with E-state index in [1.165, 1.54) is 6.92 Å². The van der Waals surface area contributed by atoms with Crippen molar-refractivity contribution in [1.82, 2.24) is 0 Å². The van der Waals surface area contributed by atoms with Crippen LogP contribution in [0.25, 0.3) is 0 Å². The van der Waals surface area contributed by atoms with Crippen molar-refractivity contribution in [2.75, 3.05) is 5.32 Å². The highest BCUT2D eigenvalue weighted by Gasteiger charge is 2.29. The van der Waals surface area contributed by atoms with Crippen molar-refractivity contribution in [2.45, 2.75) is 32.2 Å². The fourth-order valence-corrected chi connectivity index (χ4v) is 1.67. The zero-order valence-corrected chi connectivity index (χ0v) is 10.8.